The standard InChI is InChI=1S/C29H34N4O4/c34-28(30-16-7-17-33-18-20-36-21-19-33)27(22-23-8-3-1-4-9-23)32-29(35)31-24-12-14-26(15-13-24)37-25-10-5-2-6-11-25/h1-6,8-15,27H,7,16-22H2,(H,30,34)(H2,31,32,35)/t27-/m0/s1. The van der Waals surface area contributed by atoms with Gasteiger partial charge in [0.2, 0.25) is 5.91 Å². The molecule has 3 aromatic rings. The summed E-state index contributed by atoms with van der Waals surface area (Å²) in [4.78, 5) is 28.1. The summed E-state index contributed by atoms with van der Waals surface area (Å²) in [6.07, 6.45) is 1.24. The molecule has 4 rings (SSSR count). The Morgan fingerprint density at radius 1 is 0.865 bits per heavy atom. The summed E-state index contributed by atoms with van der Waals surface area (Å²) < 4.78 is 11.2. The van der Waals surface area contributed by atoms with Crippen molar-refractivity contribution in [3.05, 3.63) is 90.5 Å². The van der Waals surface area contributed by atoms with Crippen molar-refractivity contribution in [3.63, 3.8) is 0 Å². The minimum atomic E-state index is -0.702. The second kappa shape index (κ2) is 14.0. The van der Waals surface area contributed by atoms with Crippen LogP contribution in [0.15, 0.2) is 84.9 Å². The van der Waals surface area contributed by atoms with E-state index < -0.39 is 12.1 Å². The second-order valence-electron chi connectivity index (χ2n) is 8.88. The first-order chi connectivity index (χ1) is 18.2. The molecule has 0 saturated carbocycles. The van der Waals surface area contributed by atoms with Gasteiger partial charge in [0.05, 0.1) is 13.2 Å². The Morgan fingerprint density at radius 3 is 2.22 bits per heavy atom. The number of anilines is 1. The summed E-state index contributed by atoms with van der Waals surface area (Å²) in [5.74, 6) is 1.20. The number of benzene rings is 3. The topological polar surface area (TPSA) is 91.9 Å². The normalized spacial score (nSPS) is 14.4. The molecular weight excluding hydrogens is 468 g/mol. The Bertz CT molecular complexity index is 1100. The van der Waals surface area contributed by atoms with E-state index in [1.54, 1.807) is 24.3 Å². The van der Waals surface area contributed by atoms with Crippen LogP contribution in [0.3, 0.4) is 0 Å². The van der Waals surface area contributed by atoms with Gasteiger partial charge in [0, 0.05) is 31.7 Å². The third kappa shape index (κ3) is 8.93. The molecule has 1 atom stereocenters. The predicted octanol–water partition coefficient (Wildman–Crippen LogP) is 4.05. The highest BCUT2D eigenvalue weighted by Gasteiger charge is 2.21. The first-order valence-corrected chi connectivity index (χ1v) is 12.7. The molecule has 3 amide bonds. The van der Waals surface area contributed by atoms with E-state index in [2.05, 4.69) is 20.9 Å². The maximum atomic E-state index is 13.0. The molecule has 194 valence electrons. The molecule has 0 aromatic heterocycles. The van der Waals surface area contributed by atoms with Gasteiger partial charge in [-0.3, -0.25) is 9.69 Å². The van der Waals surface area contributed by atoms with Crippen LogP contribution >= 0.6 is 0 Å². The molecule has 0 unspecified atom stereocenters. The zero-order chi connectivity index (χ0) is 25.7. The molecule has 37 heavy (non-hydrogen) atoms. The van der Waals surface area contributed by atoms with E-state index in [4.69, 9.17) is 9.47 Å². The lowest BCUT2D eigenvalue weighted by molar-refractivity contribution is -0.122. The number of rotatable bonds is 11. The molecule has 8 heteroatoms. The summed E-state index contributed by atoms with van der Waals surface area (Å²) in [6.45, 7) is 4.82. The van der Waals surface area contributed by atoms with Crippen LogP contribution in [-0.2, 0) is 16.0 Å². The zero-order valence-electron chi connectivity index (χ0n) is 20.9. The number of morpholine rings is 1. The molecule has 1 heterocycles. The van der Waals surface area contributed by atoms with Crippen LogP contribution in [0.4, 0.5) is 10.5 Å². The average Bonchev–Trinajstić information content (AvgIpc) is 2.93. The van der Waals surface area contributed by atoms with Gasteiger partial charge >= 0.3 is 6.03 Å². The summed E-state index contributed by atoms with van der Waals surface area (Å²) in [5.41, 5.74) is 1.57. The van der Waals surface area contributed by atoms with E-state index in [1.807, 2.05) is 60.7 Å². The summed E-state index contributed by atoms with van der Waals surface area (Å²) >= 11 is 0. The Kier molecular flexibility index (Phi) is 9.92. The maximum absolute atomic E-state index is 13.0. The quantitative estimate of drug-likeness (QED) is 0.344. The van der Waals surface area contributed by atoms with Gasteiger partial charge in [0.25, 0.3) is 0 Å². The van der Waals surface area contributed by atoms with Crippen LogP contribution in [0.2, 0.25) is 0 Å². The second-order valence-corrected chi connectivity index (χ2v) is 8.88. The van der Waals surface area contributed by atoms with Gasteiger partial charge in [-0.1, -0.05) is 48.5 Å². The third-order valence-corrected chi connectivity index (χ3v) is 6.05. The molecule has 1 aliphatic rings. The Balaban J connectivity index is 1.29. The van der Waals surface area contributed by atoms with Crippen molar-refractivity contribution in [2.24, 2.45) is 0 Å². The van der Waals surface area contributed by atoms with E-state index in [0.29, 0.717) is 24.4 Å². The number of nitrogens with one attached hydrogen (secondary N) is 3. The van der Waals surface area contributed by atoms with Gasteiger partial charge in [0.1, 0.15) is 17.5 Å². The number of amides is 3. The van der Waals surface area contributed by atoms with E-state index in [0.717, 1.165) is 50.6 Å². The lowest BCUT2D eigenvalue weighted by atomic mass is 10.1. The number of nitrogens with zero attached hydrogens (tertiary/aromatic N) is 1. The number of hydrogen-bond donors (Lipinski definition) is 3. The fourth-order valence-electron chi connectivity index (χ4n) is 4.08. The van der Waals surface area contributed by atoms with Crippen molar-refractivity contribution >= 4 is 17.6 Å². The van der Waals surface area contributed by atoms with Crippen molar-refractivity contribution in [2.45, 2.75) is 18.9 Å². The Hall–Kier alpha value is -3.88. The van der Waals surface area contributed by atoms with Crippen LogP contribution in [0.5, 0.6) is 11.5 Å². The highest BCUT2D eigenvalue weighted by atomic mass is 16.5. The molecule has 3 N–H and O–H groups in total. The van der Waals surface area contributed by atoms with Crippen molar-refractivity contribution in [1.82, 2.24) is 15.5 Å². The molecule has 0 bridgehead atoms. The van der Waals surface area contributed by atoms with Gasteiger partial charge in [0.15, 0.2) is 0 Å². The summed E-state index contributed by atoms with van der Waals surface area (Å²) in [5, 5.41) is 8.64. The molecule has 0 radical (unpaired) electrons. The highest BCUT2D eigenvalue weighted by Crippen LogP contribution is 2.22. The van der Waals surface area contributed by atoms with Gasteiger partial charge in [-0.25, -0.2) is 4.79 Å². The predicted molar refractivity (Wildman–Crippen MR) is 144 cm³/mol. The van der Waals surface area contributed by atoms with Crippen molar-refractivity contribution < 1.29 is 19.1 Å². The van der Waals surface area contributed by atoms with Gasteiger partial charge in [-0.15, -0.1) is 0 Å². The monoisotopic (exact) mass is 502 g/mol. The lowest BCUT2D eigenvalue weighted by Gasteiger charge is -2.26. The molecule has 1 aliphatic heterocycles. The number of ether oxygens (including phenoxy) is 2. The molecule has 0 spiro atoms. The summed E-state index contributed by atoms with van der Waals surface area (Å²) in [7, 11) is 0. The first-order valence-electron chi connectivity index (χ1n) is 12.7. The van der Waals surface area contributed by atoms with Crippen LogP contribution in [0.25, 0.3) is 0 Å². The maximum Gasteiger partial charge on any atom is 0.319 e. The average molecular weight is 503 g/mol. The molecule has 1 fully saturated rings. The van der Waals surface area contributed by atoms with Crippen LogP contribution in [-0.4, -0.2) is 62.3 Å². The number of carbonyl (C=O) groups is 2. The van der Waals surface area contributed by atoms with E-state index in [1.165, 1.54) is 0 Å². The fraction of sp³-hybridized carbons (Fsp3) is 0.310. The van der Waals surface area contributed by atoms with Crippen LogP contribution in [0.1, 0.15) is 12.0 Å². The smallest absolute Gasteiger partial charge is 0.319 e. The number of carbonyl (C=O) groups excluding carboxylic acids is 2. The SMILES string of the molecule is O=C(Nc1ccc(Oc2ccccc2)cc1)N[C@@H](Cc1ccccc1)C(=O)NCCCN1CCOCC1. The van der Waals surface area contributed by atoms with E-state index in [9.17, 15) is 9.59 Å². The third-order valence-electron chi connectivity index (χ3n) is 6.05. The Morgan fingerprint density at radius 2 is 1.51 bits per heavy atom. The number of urea groups is 1. The number of para-hydroxylation sites is 1. The summed E-state index contributed by atoms with van der Waals surface area (Å²) in [6, 6.07) is 25.1. The van der Waals surface area contributed by atoms with Crippen molar-refractivity contribution in [1.29, 1.82) is 0 Å². The van der Waals surface area contributed by atoms with Crippen molar-refractivity contribution in [3.8, 4) is 11.5 Å². The van der Waals surface area contributed by atoms with Gasteiger partial charge < -0.3 is 25.4 Å². The largest absolute Gasteiger partial charge is 0.457 e. The highest BCUT2D eigenvalue weighted by molar-refractivity contribution is 5.93. The minimum Gasteiger partial charge on any atom is -0.457 e. The Labute approximate surface area is 218 Å². The van der Waals surface area contributed by atoms with Gasteiger partial charge in [-0.2, -0.15) is 0 Å². The number of hydrogen-bond acceptors (Lipinski definition) is 5. The van der Waals surface area contributed by atoms with E-state index in [-0.39, 0.29) is 5.91 Å². The first kappa shape index (κ1) is 26.2. The lowest BCUT2D eigenvalue weighted by Crippen LogP contribution is -2.49. The molecular formula is C29H34N4O4. The van der Waals surface area contributed by atoms with Crippen molar-refractivity contribution in [2.75, 3.05) is 44.7 Å². The molecule has 8 nitrogen and oxygen atoms in total. The minimum absolute atomic E-state index is 0.201. The van der Waals surface area contributed by atoms with E-state index >= 15 is 0 Å². The van der Waals surface area contributed by atoms with Crippen LogP contribution in [0, 0.1) is 0 Å². The van der Waals surface area contributed by atoms with Gasteiger partial charge in [-0.05, 0) is 54.9 Å². The molecule has 3 aromatic carbocycles. The molecule has 0 aliphatic carbocycles. The molecule has 1 saturated heterocycles. The van der Waals surface area contributed by atoms with Crippen LogP contribution < -0.4 is 20.7 Å². The fourth-order valence-corrected chi connectivity index (χ4v) is 4.08. The zero-order valence-corrected chi connectivity index (χ0v) is 20.9.